The number of aliphatic hydroxyl groups excluding tert-OH is 1. The lowest BCUT2D eigenvalue weighted by Gasteiger charge is -2.58. The average molecular weight is 553 g/mol. The molecule has 1 saturated heterocycles. The number of carbonyl (C=O) groups is 2. The lowest BCUT2D eigenvalue weighted by molar-refractivity contribution is -0.133. The summed E-state index contributed by atoms with van der Waals surface area (Å²) in [4.78, 5) is 29.6. The van der Waals surface area contributed by atoms with Crippen LogP contribution in [0.1, 0.15) is 95.6 Å². The molecule has 4 fully saturated rings. The van der Waals surface area contributed by atoms with Crippen molar-refractivity contribution >= 4 is 11.8 Å². The summed E-state index contributed by atoms with van der Waals surface area (Å²) in [6.07, 6.45) is 13.4. The number of fused-ring (bicyclic) bond motifs is 5. The molecule has 0 spiro atoms. The van der Waals surface area contributed by atoms with Gasteiger partial charge in [-0.15, -0.1) is 5.10 Å². The Morgan fingerprint density at radius 2 is 1.80 bits per heavy atom. The molecule has 0 bridgehead atoms. The first kappa shape index (κ1) is 27.9. The topological polar surface area (TPSA) is 104 Å². The van der Waals surface area contributed by atoms with E-state index < -0.39 is 0 Å². The normalized spacial score (nSPS) is 38.2. The second-order valence-electron chi connectivity index (χ2n) is 14.2. The highest BCUT2D eigenvalue weighted by Gasteiger charge is 2.59. The number of hydrogen-bond donors (Lipinski definition) is 1. The highest BCUT2D eigenvalue weighted by Crippen LogP contribution is 2.67. The smallest absolute Gasteiger partial charge is 0.293 e. The van der Waals surface area contributed by atoms with Gasteiger partial charge in [0.05, 0.1) is 6.10 Å². The number of aromatic nitrogens is 4. The van der Waals surface area contributed by atoms with Gasteiger partial charge in [-0.05, 0) is 109 Å². The number of carbonyl (C=O) groups excluding carboxylic acids is 2. The van der Waals surface area contributed by atoms with Crippen LogP contribution in [-0.4, -0.2) is 79.2 Å². The number of nitrogens with zero attached hydrogens (tertiary/aromatic N) is 6. The molecule has 220 valence electrons. The third-order valence-electron chi connectivity index (χ3n) is 12.4. The van der Waals surface area contributed by atoms with E-state index in [1.54, 1.807) is 17.5 Å². The number of rotatable bonds is 5. The molecule has 1 aromatic heterocycles. The van der Waals surface area contributed by atoms with Gasteiger partial charge in [0.15, 0.2) is 0 Å². The van der Waals surface area contributed by atoms with E-state index in [1.165, 1.54) is 36.8 Å². The molecule has 3 saturated carbocycles. The molecule has 1 aromatic rings. The van der Waals surface area contributed by atoms with Crippen LogP contribution in [0.2, 0.25) is 0 Å². The third-order valence-corrected chi connectivity index (χ3v) is 12.4. The van der Waals surface area contributed by atoms with Crippen molar-refractivity contribution in [1.29, 1.82) is 0 Å². The minimum Gasteiger partial charge on any atom is -0.393 e. The summed E-state index contributed by atoms with van der Waals surface area (Å²) in [7, 11) is 1.66. The summed E-state index contributed by atoms with van der Waals surface area (Å²) in [5.74, 6) is 3.84. The maximum absolute atomic E-state index is 13.2. The van der Waals surface area contributed by atoms with Crippen LogP contribution in [0.4, 0.5) is 0 Å². The summed E-state index contributed by atoms with van der Waals surface area (Å²) in [5, 5.41) is 21.5. The Balaban J connectivity index is 1.03. The second kappa shape index (κ2) is 10.5. The fraction of sp³-hybridized carbons (Fsp3) is 0.839. The van der Waals surface area contributed by atoms with Crippen LogP contribution in [-0.2, 0) is 11.8 Å². The van der Waals surface area contributed by atoms with E-state index in [1.807, 2.05) is 4.90 Å². The Hall–Kier alpha value is -2.29. The van der Waals surface area contributed by atoms with Crippen LogP contribution in [0, 0.1) is 40.4 Å². The van der Waals surface area contributed by atoms with E-state index in [4.69, 9.17) is 0 Å². The Morgan fingerprint density at radius 3 is 2.52 bits per heavy atom. The minimum atomic E-state index is -0.174. The molecular formula is C31H48N6O3. The number of hydrogen-bond acceptors (Lipinski definition) is 6. The van der Waals surface area contributed by atoms with Crippen LogP contribution in [0.25, 0.3) is 0 Å². The van der Waals surface area contributed by atoms with Crippen molar-refractivity contribution in [2.45, 2.75) is 91.1 Å². The monoisotopic (exact) mass is 552 g/mol. The van der Waals surface area contributed by atoms with E-state index in [-0.39, 0.29) is 23.7 Å². The molecule has 2 heterocycles. The van der Waals surface area contributed by atoms with Crippen molar-refractivity contribution in [3.05, 3.63) is 17.5 Å². The highest BCUT2D eigenvalue weighted by molar-refractivity contribution is 5.90. The number of tetrazole rings is 1. The molecule has 4 aliphatic carbocycles. The van der Waals surface area contributed by atoms with E-state index in [0.717, 1.165) is 43.4 Å². The fourth-order valence-corrected chi connectivity index (χ4v) is 10.0. The molecule has 9 heteroatoms. The zero-order chi connectivity index (χ0) is 28.2. The second-order valence-corrected chi connectivity index (χ2v) is 14.2. The molecule has 5 aliphatic rings. The lowest BCUT2D eigenvalue weighted by Crippen LogP contribution is -2.51. The van der Waals surface area contributed by atoms with Crippen molar-refractivity contribution in [1.82, 2.24) is 30.0 Å². The molecular weight excluding hydrogens is 504 g/mol. The van der Waals surface area contributed by atoms with Crippen molar-refractivity contribution in [2.24, 2.45) is 47.5 Å². The number of allylic oxidation sites excluding steroid dienone is 1. The fourth-order valence-electron chi connectivity index (χ4n) is 10.0. The van der Waals surface area contributed by atoms with Crippen LogP contribution in [0.5, 0.6) is 0 Å². The molecule has 2 amide bonds. The van der Waals surface area contributed by atoms with E-state index in [2.05, 4.69) is 42.4 Å². The molecule has 9 nitrogen and oxygen atoms in total. The standard InChI is InChI=1S/C31H48N6O3/c1-20(5-10-27(39)36-15-17-37(18-16-36)29(40)28-32-33-34-35(28)4)24-8-9-25-23-7-6-21-19-22(38)11-13-30(21,2)26(23)12-14-31(24,25)3/h6,20,22-26,38H,5,7-19H2,1-4H3/t20-,22+,23+,24-,25+,26+,30+,31-/m1/s1. The van der Waals surface area contributed by atoms with E-state index in [0.29, 0.717) is 55.3 Å². The molecule has 1 aliphatic heterocycles. The third kappa shape index (κ3) is 4.60. The molecule has 6 rings (SSSR count). The Kier molecular flexibility index (Phi) is 7.33. The van der Waals surface area contributed by atoms with Gasteiger partial charge in [0.25, 0.3) is 5.91 Å². The van der Waals surface area contributed by atoms with Gasteiger partial charge in [0.2, 0.25) is 11.7 Å². The zero-order valence-corrected chi connectivity index (χ0v) is 24.9. The van der Waals surface area contributed by atoms with Gasteiger partial charge in [0, 0.05) is 39.6 Å². The first-order valence-electron chi connectivity index (χ1n) is 15.8. The van der Waals surface area contributed by atoms with Gasteiger partial charge in [-0.1, -0.05) is 32.4 Å². The van der Waals surface area contributed by atoms with Crippen LogP contribution in [0.15, 0.2) is 11.6 Å². The summed E-state index contributed by atoms with van der Waals surface area (Å²) in [6.45, 7) is 9.67. The Morgan fingerprint density at radius 1 is 1.05 bits per heavy atom. The number of amides is 2. The van der Waals surface area contributed by atoms with Gasteiger partial charge < -0.3 is 14.9 Å². The summed E-state index contributed by atoms with van der Waals surface area (Å²) >= 11 is 0. The van der Waals surface area contributed by atoms with Crippen LogP contribution >= 0.6 is 0 Å². The zero-order valence-electron chi connectivity index (χ0n) is 24.9. The van der Waals surface area contributed by atoms with Gasteiger partial charge in [-0.3, -0.25) is 9.59 Å². The number of aryl methyl sites for hydroxylation is 1. The van der Waals surface area contributed by atoms with Crippen LogP contribution in [0.3, 0.4) is 0 Å². The lowest BCUT2D eigenvalue weighted by atomic mass is 9.47. The largest absolute Gasteiger partial charge is 0.393 e. The first-order valence-corrected chi connectivity index (χ1v) is 15.8. The summed E-state index contributed by atoms with van der Waals surface area (Å²) in [5.41, 5.74) is 2.22. The molecule has 8 atom stereocenters. The van der Waals surface area contributed by atoms with Gasteiger partial charge in [-0.25, -0.2) is 4.68 Å². The van der Waals surface area contributed by atoms with Crippen molar-refractivity contribution in [3.8, 4) is 0 Å². The molecule has 40 heavy (non-hydrogen) atoms. The van der Waals surface area contributed by atoms with Gasteiger partial charge >= 0.3 is 0 Å². The highest BCUT2D eigenvalue weighted by atomic mass is 16.3. The van der Waals surface area contributed by atoms with Crippen molar-refractivity contribution in [3.63, 3.8) is 0 Å². The molecule has 0 aromatic carbocycles. The number of aliphatic hydroxyl groups is 1. The minimum absolute atomic E-state index is 0.142. The van der Waals surface area contributed by atoms with Crippen LogP contribution < -0.4 is 0 Å². The predicted molar refractivity (Wildman–Crippen MR) is 151 cm³/mol. The molecule has 0 unspecified atom stereocenters. The maximum atomic E-state index is 13.2. The van der Waals surface area contributed by atoms with Gasteiger partial charge in [-0.2, -0.15) is 0 Å². The Labute approximate surface area is 238 Å². The SMILES string of the molecule is C[C@H](CCC(=O)N1CCN(C(=O)c2nnnn2C)CC1)[C@H]1CC[C@H]2[C@@H]3CC=C4C[C@@H](O)CC[C@]4(C)[C@H]3CC[C@]12C. The first-order chi connectivity index (χ1) is 19.1. The van der Waals surface area contributed by atoms with E-state index in [9.17, 15) is 14.7 Å². The molecule has 0 radical (unpaired) electrons. The van der Waals surface area contributed by atoms with E-state index >= 15 is 0 Å². The number of piperazine rings is 1. The van der Waals surface area contributed by atoms with Gasteiger partial charge in [0.1, 0.15) is 0 Å². The predicted octanol–water partition coefficient (Wildman–Crippen LogP) is 3.85. The average Bonchev–Trinajstić information content (AvgIpc) is 3.54. The maximum Gasteiger partial charge on any atom is 0.293 e. The van der Waals surface area contributed by atoms with Crippen molar-refractivity contribution < 1.29 is 14.7 Å². The quantitative estimate of drug-likeness (QED) is 0.557. The summed E-state index contributed by atoms with van der Waals surface area (Å²) in [6, 6.07) is 0. The molecule has 1 N–H and O–H groups in total. The Bertz CT molecular complexity index is 1160. The summed E-state index contributed by atoms with van der Waals surface area (Å²) < 4.78 is 1.39. The van der Waals surface area contributed by atoms with Crippen molar-refractivity contribution in [2.75, 3.05) is 26.2 Å².